The van der Waals surface area contributed by atoms with Gasteiger partial charge in [-0.2, -0.15) is 0 Å². The standard InChI is InChI=1S/C8H9BrFNO2S/c9-6-14(12,13)11-5-7-2-1-3-8(10)4-7/h1-4,11H,5-6H2. The normalized spacial score (nSPS) is 11.6. The monoisotopic (exact) mass is 281 g/mol. The number of hydrogen-bond acceptors (Lipinski definition) is 2. The predicted molar refractivity (Wildman–Crippen MR) is 56.0 cm³/mol. The van der Waals surface area contributed by atoms with E-state index in [1.54, 1.807) is 6.07 Å². The van der Waals surface area contributed by atoms with Gasteiger partial charge in [-0.25, -0.2) is 17.5 Å². The largest absolute Gasteiger partial charge is 0.221 e. The highest BCUT2D eigenvalue weighted by atomic mass is 79.9. The first-order valence-electron chi connectivity index (χ1n) is 3.81. The van der Waals surface area contributed by atoms with E-state index in [9.17, 15) is 12.8 Å². The molecule has 0 radical (unpaired) electrons. The average Bonchev–Trinajstić information content (AvgIpc) is 2.15. The molecular formula is C8H9BrFNO2S. The quantitative estimate of drug-likeness (QED) is 0.853. The van der Waals surface area contributed by atoms with Crippen LogP contribution in [0.4, 0.5) is 4.39 Å². The van der Waals surface area contributed by atoms with E-state index in [1.807, 2.05) is 0 Å². The van der Waals surface area contributed by atoms with Crippen LogP contribution in [0.3, 0.4) is 0 Å². The molecule has 14 heavy (non-hydrogen) atoms. The lowest BCUT2D eigenvalue weighted by Gasteiger charge is -2.03. The molecule has 0 aliphatic rings. The van der Waals surface area contributed by atoms with Gasteiger partial charge in [0.15, 0.2) is 0 Å². The summed E-state index contributed by atoms with van der Waals surface area (Å²) in [5.41, 5.74) is 0.592. The Morgan fingerprint density at radius 3 is 2.71 bits per heavy atom. The van der Waals surface area contributed by atoms with E-state index in [0.717, 1.165) is 0 Å². The minimum atomic E-state index is -3.29. The van der Waals surface area contributed by atoms with E-state index < -0.39 is 10.0 Å². The Labute approximate surface area is 90.5 Å². The molecule has 0 aliphatic carbocycles. The fraction of sp³-hybridized carbons (Fsp3) is 0.250. The molecule has 0 aromatic heterocycles. The lowest BCUT2D eigenvalue weighted by molar-refractivity contribution is 0.585. The van der Waals surface area contributed by atoms with E-state index in [1.165, 1.54) is 18.2 Å². The first kappa shape index (κ1) is 11.6. The molecule has 0 heterocycles. The highest BCUT2D eigenvalue weighted by Crippen LogP contribution is 2.03. The molecule has 0 unspecified atom stereocenters. The van der Waals surface area contributed by atoms with Crippen LogP contribution in [-0.2, 0) is 16.6 Å². The summed E-state index contributed by atoms with van der Waals surface area (Å²) >= 11 is 2.83. The number of rotatable bonds is 4. The van der Waals surface area contributed by atoms with Crippen LogP contribution >= 0.6 is 15.9 Å². The molecule has 1 N–H and O–H groups in total. The maximum absolute atomic E-state index is 12.7. The predicted octanol–water partition coefficient (Wildman–Crippen LogP) is 1.60. The Morgan fingerprint density at radius 1 is 1.43 bits per heavy atom. The van der Waals surface area contributed by atoms with Crippen LogP contribution in [0.1, 0.15) is 5.56 Å². The molecule has 1 aromatic carbocycles. The maximum Gasteiger partial charge on any atom is 0.221 e. The fourth-order valence-electron chi connectivity index (χ4n) is 0.879. The van der Waals surface area contributed by atoms with Crippen LogP contribution in [0.15, 0.2) is 24.3 Å². The lowest BCUT2D eigenvalue weighted by atomic mass is 10.2. The second-order valence-electron chi connectivity index (χ2n) is 2.67. The van der Waals surface area contributed by atoms with Gasteiger partial charge in [0.2, 0.25) is 10.0 Å². The summed E-state index contributed by atoms with van der Waals surface area (Å²) in [6, 6.07) is 5.78. The zero-order chi connectivity index (χ0) is 10.6. The van der Waals surface area contributed by atoms with Crippen LogP contribution in [0.2, 0.25) is 0 Å². The summed E-state index contributed by atoms with van der Waals surface area (Å²) in [6.07, 6.45) is 0. The molecule has 0 saturated carbocycles. The van der Waals surface area contributed by atoms with Gasteiger partial charge in [-0.1, -0.05) is 28.1 Å². The molecule has 0 saturated heterocycles. The van der Waals surface area contributed by atoms with Crippen LogP contribution in [0, 0.1) is 5.82 Å². The summed E-state index contributed by atoms with van der Waals surface area (Å²) in [5.74, 6) is -0.374. The van der Waals surface area contributed by atoms with Crippen molar-refractivity contribution < 1.29 is 12.8 Å². The van der Waals surface area contributed by atoms with Crippen LogP contribution in [0.5, 0.6) is 0 Å². The zero-order valence-corrected chi connectivity index (χ0v) is 9.61. The molecule has 3 nitrogen and oxygen atoms in total. The topological polar surface area (TPSA) is 46.2 Å². The Kier molecular flexibility index (Phi) is 4.03. The highest BCUT2D eigenvalue weighted by Gasteiger charge is 2.06. The smallest absolute Gasteiger partial charge is 0.212 e. The van der Waals surface area contributed by atoms with Gasteiger partial charge in [0.05, 0.1) is 0 Å². The summed E-state index contributed by atoms with van der Waals surface area (Å²) in [4.78, 5) is 0. The van der Waals surface area contributed by atoms with Gasteiger partial charge in [-0.3, -0.25) is 0 Å². The second kappa shape index (κ2) is 4.86. The van der Waals surface area contributed by atoms with Crippen molar-refractivity contribution in [2.75, 3.05) is 4.66 Å². The Morgan fingerprint density at radius 2 is 2.14 bits per heavy atom. The summed E-state index contributed by atoms with van der Waals surface area (Å²) in [7, 11) is -3.29. The van der Waals surface area contributed by atoms with E-state index in [0.29, 0.717) is 5.56 Å². The fourth-order valence-corrected chi connectivity index (χ4v) is 1.83. The van der Waals surface area contributed by atoms with Gasteiger partial charge >= 0.3 is 0 Å². The molecule has 78 valence electrons. The Balaban J connectivity index is 2.63. The van der Waals surface area contributed by atoms with Crippen molar-refractivity contribution in [3.05, 3.63) is 35.6 Å². The lowest BCUT2D eigenvalue weighted by Crippen LogP contribution is -2.23. The van der Waals surface area contributed by atoms with Gasteiger partial charge in [0.25, 0.3) is 0 Å². The Bertz CT molecular complexity index is 408. The van der Waals surface area contributed by atoms with E-state index in [-0.39, 0.29) is 17.0 Å². The minimum absolute atomic E-state index is 0.103. The minimum Gasteiger partial charge on any atom is -0.212 e. The van der Waals surface area contributed by atoms with Crippen molar-refractivity contribution in [2.45, 2.75) is 6.54 Å². The molecule has 0 spiro atoms. The first-order valence-corrected chi connectivity index (χ1v) is 6.58. The summed E-state index contributed by atoms with van der Waals surface area (Å²) < 4.78 is 36.8. The van der Waals surface area contributed by atoms with Gasteiger partial charge in [-0.15, -0.1) is 0 Å². The number of benzene rings is 1. The SMILES string of the molecule is O=S(=O)(CBr)NCc1cccc(F)c1. The van der Waals surface area contributed by atoms with Crippen molar-refractivity contribution in [3.63, 3.8) is 0 Å². The van der Waals surface area contributed by atoms with Crippen molar-refractivity contribution in [1.29, 1.82) is 0 Å². The van der Waals surface area contributed by atoms with E-state index in [2.05, 4.69) is 20.7 Å². The number of halogens is 2. The molecule has 6 heteroatoms. The Hall–Kier alpha value is -0.460. The number of sulfonamides is 1. The van der Waals surface area contributed by atoms with Crippen molar-refractivity contribution >= 4 is 26.0 Å². The van der Waals surface area contributed by atoms with Crippen LogP contribution < -0.4 is 4.72 Å². The third-order valence-electron chi connectivity index (χ3n) is 1.53. The molecule has 0 bridgehead atoms. The third kappa shape index (κ3) is 3.73. The van der Waals surface area contributed by atoms with Crippen LogP contribution in [-0.4, -0.2) is 13.1 Å². The van der Waals surface area contributed by atoms with E-state index >= 15 is 0 Å². The third-order valence-corrected chi connectivity index (χ3v) is 4.21. The van der Waals surface area contributed by atoms with Crippen molar-refractivity contribution in [2.24, 2.45) is 0 Å². The molecular weight excluding hydrogens is 273 g/mol. The van der Waals surface area contributed by atoms with Gasteiger partial charge in [0.1, 0.15) is 10.5 Å². The number of alkyl halides is 1. The summed E-state index contributed by atoms with van der Waals surface area (Å²) in [6.45, 7) is 0.103. The maximum atomic E-state index is 12.7. The molecule has 1 aromatic rings. The molecule has 0 aliphatic heterocycles. The molecule has 1 rings (SSSR count). The van der Waals surface area contributed by atoms with E-state index in [4.69, 9.17) is 0 Å². The molecule has 0 atom stereocenters. The molecule has 0 fully saturated rings. The van der Waals surface area contributed by atoms with Gasteiger partial charge < -0.3 is 0 Å². The molecule has 0 amide bonds. The number of nitrogens with one attached hydrogen (secondary N) is 1. The average molecular weight is 282 g/mol. The van der Waals surface area contributed by atoms with Gasteiger partial charge in [-0.05, 0) is 17.7 Å². The zero-order valence-electron chi connectivity index (χ0n) is 7.20. The highest BCUT2D eigenvalue weighted by molar-refractivity contribution is 9.10. The van der Waals surface area contributed by atoms with Crippen molar-refractivity contribution in [3.8, 4) is 0 Å². The summed E-state index contributed by atoms with van der Waals surface area (Å²) in [5, 5.41) is 0. The number of hydrogen-bond donors (Lipinski definition) is 1. The first-order chi connectivity index (χ1) is 6.53. The van der Waals surface area contributed by atoms with Crippen LogP contribution in [0.25, 0.3) is 0 Å². The second-order valence-corrected chi connectivity index (χ2v) is 5.78. The van der Waals surface area contributed by atoms with Crippen molar-refractivity contribution in [1.82, 2.24) is 4.72 Å². The van der Waals surface area contributed by atoms with Gasteiger partial charge in [0, 0.05) is 6.54 Å².